The van der Waals surface area contributed by atoms with E-state index in [1.54, 1.807) is 0 Å². The maximum absolute atomic E-state index is 9.55. The molecule has 0 bridgehead atoms. The quantitative estimate of drug-likeness (QED) is 0.498. The lowest BCUT2D eigenvalue weighted by Gasteiger charge is -2.38. The van der Waals surface area contributed by atoms with Gasteiger partial charge in [0.2, 0.25) is 0 Å². The standard InChI is InChI=1S/C22H34N6/c1-2-9-25-14-7-21(8-15-25)28-17-16-27(22(28)20(18-23)19-24)13-6-12-26-10-4-3-5-11-26/h2,21H,1,3-17H2. The minimum absolute atomic E-state index is 0.281. The van der Waals surface area contributed by atoms with Crippen LogP contribution in [0.4, 0.5) is 0 Å². The van der Waals surface area contributed by atoms with Crippen LogP contribution in [0, 0.1) is 22.7 Å². The van der Waals surface area contributed by atoms with Crippen molar-refractivity contribution in [3.8, 4) is 12.1 Å². The van der Waals surface area contributed by atoms with Gasteiger partial charge in [-0.1, -0.05) is 12.5 Å². The molecule has 0 atom stereocenters. The second-order valence-corrected chi connectivity index (χ2v) is 8.18. The zero-order chi connectivity index (χ0) is 19.8. The van der Waals surface area contributed by atoms with Gasteiger partial charge in [0.25, 0.3) is 0 Å². The first-order chi connectivity index (χ1) is 13.8. The van der Waals surface area contributed by atoms with Gasteiger partial charge in [-0.25, -0.2) is 0 Å². The predicted molar refractivity (Wildman–Crippen MR) is 111 cm³/mol. The van der Waals surface area contributed by atoms with Gasteiger partial charge in [0, 0.05) is 45.3 Å². The summed E-state index contributed by atoms with van der Waals surface area (Å²) in [5, 5.41) is 19.1. The Morgan fingerprint density at radius 1 is 0.929 bits per heavy atom. The third kappa shape index (κ3) is 5.07. The Hall–Kier alpha value is -2.02. The van der Waals surface area contributed by atoms with Crippen LogP contribution in [0.25, 0.3) is 0 Å². The molecule has 0 aromatic rings. The number of rotatable bonds is 7. The molecule has 28 heavy (non-hydrogen) atoms. The van der Waals surface area contributed by atoms with Crippen molar-refractivity contribution >= 4 is 0 Å². The van der Waals surface area contributed by atoms with Crippen LogP contribution in [0.15, 0.2) is 24.0 Å². The van der Waals surface area contributed by atoms with E-state index >= 15 is 0 Å². The summed E-state index contributed by atoms with van der Waals surface area (Å²) in [6, 6.07) is 4.76. The second-order valence-electron chi connectivity index (χ2n) is 8.18. The Kier molecular flexibility index (Phi) is 7.77. The lowest BCUT2D eigenvalue weighted by Crippen LogP contribution is -2.44. The SMILES string of the molecule is C=CCN1CCC(N2CCN(CCCN3CCCCC3)C2=C(C#N)C#N)CC1. The normalized spacial score (nSPS) is 22.1. The topological polar surface area (TPSA) is 60.5 Å². The third-order valence-electron chi connectivity index (χ3n) is 6.37. The van der Waals surface area contributed by atoms with Crippen molar-refractivity contribution in [3.05, 3.63) is 24.0 Å². The van der Waals surface area contributed by atoms with Crippen LogP contribution in [0.1, 0.15) is 38.5 Å². The van der Waals surface area contributed by atoms with Gasteiger partial charge in [-0.05, 0) is 51.7 Å². The largest absolute Gasteiger partial charge is 0.355 e. The number of piperidine rings is 2. The lowest BCUT2D eigenvalue weighted by molar-refractivity contribution is 0.146. The Morgan fingerprint density at radius 3 is 2.29 bits per heavy atom. The maximum atomic E-state index is 9.55. The third-order valence-corrected chi connectivity index (χ3v) is 6.37. The van der Waals surface area contributed by atoms with Crippen molar-refractivity contribution < 1.29 is 0 Å². The molecule has 0 aromatic carbocycles. The van der Waals surface area contributed by atoms with E-state index in [4.69, 9.17) is 0 Å². The molecule has 3 aliphatic heterocycles. The molecule has 3 rings (SSSR count). The first kappa shape index (κ1) is 20.7. The van der Waals surface area contributed by atoms with E-state index in [2.05, 4.69) is 38.3 Å². The van der Waals surface area contributed by atoms with E-state index in [1.807, 2.05) is 6.08 Å². The van der Waals surface area contributed by atoms with Crippen molar-refractivity contribution in [2.45, 2.75) is 44.6 Å². The van der Waals surface area contributed by atoms with Gasteiger partial charge in [0.1, 0.15) is 18.0 Å². The van der Waals surface area contributed by atoms with E-state index in [1.165, 1.54) is 32.4 Å². The maximum Gasteiger partial charge on any atom is 0.169 e. The van der Waals surface area contributed by atoms with Crippen LogP contribution in [0.3, 0.4) is 0 Å². The molecule has 0 radical (unpaired) electrons. The molecular weight excluding hydrogens is 348 g/mol. The van der Waals surface area contributed by atoms with Gasteiger partial charge >= 0.3 is 0 Å². The highest BCUT2D eigenvalue weighted by Gasteiger charge is 2.34. The minimum Gasteiger partial charge on any atom is -0.355 e. The fourth-order valence-corrected chi connectivity index (χ4v) is 4.89. The Balaban J connectivity index is 1.60. The molecule has 3 fully saturated rings. The molecule has 3 saturated heterocycles. The molecule has 6 nitrogen and oxygen atoms in total. The van der Waals surface area contributed by atoms with Crippen molar-refractivity contribution in [3.63, 3.8) is 0 Å². The molecule has 0 aromatic heterocycles. The van der Waals surface area contributed by atoms with Crippen molar-refractivity contribution in [2.75, 3.05) is 58.9 Å². The Labute approximate surface area is 170 Å². The molecule has 0 amide bonds. The summed E-state index contributed by atoms with van der Waals surface area (Å²) < 4.78 is 0. The summed E-state index contributed by atoms with van der Waals surface area (Å²) in [5.74, 6) is 0.894. The molecule has 0 unspecified atom stereocenters. The van der Waals surface area contributed by atoms with Crippen molar-refractivity contribution in [1.82, 2.24) is 19.6 Å². The van der Waals surface area contributed by atoms with Gasteiger partial charge < -0.3 is 14.7 Å². The first-order valence-corrected chi connectivity index (χ1v) is 10.9. The van der Waals surface area contributed by atoms with Crippen LogP contribution in [0.2, 0.25) is 0 Å². The molecule has 0 N–H and O–H groups in total. The highest BCUT2D eigenvalue weighted by molar-refractivity contribution is 5.40. The fraction of sp³-hybridized carbons (Fsp3) is 0.727. The van der Waals surface area contributed by atoms with Gasteiger partial charge in [0.15, 0.2) is 5.57 Å². The van der Waals surface area contributed by atoms with E-state index in [-0.39, 0.29) is 5.57 Å². The van der Waals surface area contributed by atoms with Gasteiger partial charge in [0.05, 0.1) is 0 Å². The fourth-order valence-electron chi connectivity index (χ4n) is 4.89. The van der Waals surface area contributed by atoms with E-state index < -0.39 is 0 Å². The number of likely N-dealkylation sites (tertiary alicyclic amines) is 2. The Bertz CT molecular complexity index is 612. The summed E-state index contributed by atoms with van der Waals surface area (Å²) in [6.45, 7) is 13.3. The number of allylic oxidation sites excluding steroid dienone is 1. The number of hydrogen-bond acceptors (Lipinski definition) is 6. The summed E-state index contributed by atoms with van der Waals surface area (Å²) in [7, 11) is 0. The van der Waals surface area contributed by atoms with E-state index in [0.717, 1.165) is 70.9 Å². The van der Waals surface area contributed by atoms with Crippen molar-refractivity contribution in [1.29, 1.82) is 10.5 Å². The summed E-state index contributed by atoms with van der Waals surface area (Å²) >= 11 is 0. The highest BCUT2D eigenvalue weighted by Crippen LogP contribution is 2.29. The monoisotopic (exact) mass is 382 g/mol. The summed E-state index contributed by atoms with van der Waals surface area (Å²) in [5.41, 5.74) is 0.281. The summed E-state index contributed by atoms with van der Waals surface area (Å²) in [6.07, 6.45) is 9.24. The lowest BCUT2D eigenvalue weighted by atomic mass is 10.0. The second kappa shape index (κ2) is 10.5. The number of hydrogen-bond donors (Lipinski definition) is 0. The molecule has 0 saturated carbocycles. The van der Waals surface area contributed by atoms with Gasteiger partial charge in [-0.3, -0.25) is 4.90 Å². The average Bonchev–Trinajstić information content (AvgIpc) is 3.14. The molecule has 6 heteroatoms. The minimum atomic E-state index is 0.281. The van der Waals surface area contributed by atoms with E-state index in [9.17, 15) is 10.5 Å². The molecule has 152 valence electrons. The highest BCUT2D eigenvalue weighted by atomic mass is 15.4. The van der Waals surface area contributed by atoms with Crippen LogP contribution >= 0.6 is 0 Å². The zero-order valence-electron chi connectivity index (χ0n) is 17.2. The zero-order valence-corrected chi connectivity index (χ0v) is 17.2. The molecule has 0 aliphatic carbocycles. The molecule has 3 heterocycles. The number of nitrogens with zero attached hydrogens (tertiary/aromatic N) is 6. The van der Waals surface area contributed by atoms with E-state index in [0.29, 0.717) is 6.04 Å². The van der Waals surface area contributed by atoms with Gasteiger partial charge in [-0.15, -0.1) is 6.58 Å². The van der Waals surface area contributed by atoms with Crippen molar-refractivity contribution in [2.24, 2.45) is 0 Å². The molecule has 0 spiro atoms. The van der Waals surface area contributed by atoms with Crippen LogP contribution < -0.4 is 0 Å². The van der Waals surface area contributed by atoms with Crippen LogP contribution in [-0.2, 0) is 0 Å². The van der Waals surface area contributed by atoms with Crippen LogP contribution in [-0.4, -0.2) is 84.5 Å². The molecular formula is C22H34N6. The van der Waals surface area contributed by atoms with Crippen LogP contribution in [0.5, 0.6) is 0 Å². The Morgan fingerprint density at radius 2 is 1.64 bits per heavy atom. The predicted octanol–water partition coefficient (Wildman–Crippen LogP) is 2.39. The summed E-state index contributed by atoms with van der Waals surface area (Å²) in [4.78, 5) is 9.64. The van der Waals surface area contributed by atoms with Gasteiger partial charge in [-0.2, -0.15) is 10.5 Å². The number of nitriles is 2. The first-order valence-electron chi connectivity index (χ1n) is 10.9. The smallest absolute Gasteiger partial charge is 0.169 e. The molecule has 3 aliphatic rings. The average molecular weight is 383 g/mol.